The van der Waals surface area contributed by atoms with Gasteiger partial charge in [0, 0.05) is 5.75 Å². The van der Waals surface area contributed by atoms with Crippen LogP contribution < -0.4 is 0 Å². The standard InChI is InChI=1S/C33H66O2S/c1-4-7-10-13-16-17-20-22-25-31(24-21-18-14-11-8-5-2)29-32(30-36-28-27-33(34)35)26-23-19-15-12-9-6-3/h31-32H,4-30H2,1-3H3,(H,34,35). The molecular weight excluding hydrogens is 460 g/mol. The highest BCUT2D eigenvalue weighted by Gasteiger charge is 2.17. The summed E-state index contributed by atoms with van der Waals surface area (Å²) in [5.74, 6) is 2.98. The highest BCUT2D eigenvalue weighted by atomic mass is 32.2. The van der Waals surface area contributed by atoms with Crippen LogP contribution in [0.5, 0.6) is 0 Å². The number of carboxylic acid groups (broad SMARTS) is 1. The average molecular weight is 527 g/mol. The number of unbranched alkanes of at least 4 members (excludes halogenated alkanes) is 17. The van der Waals surface area contributed by atoms with E-state index in [0.717, 1.165) is 17.6 Å². The van der Waals surface area contributed by atoms with Crippen LogP contribution in [0.4, 0.5) is 0 Å². The number of hydrogen-bond donors (Lipinski definition) is 1. The number of aliphatic carboxylic acids is 1. The van der Waals surface area contributed by atoms with Gasteiger partial charge in [-0.05, 0) is 30.4 Å². The molecule has 0 spiro atoms. The Morgan fingerprint density at radius 2 is 0.917 bits per heavy atom. The van der Waals surface area contributed by atoms with Crippen molar-refractivity contribution in [3.63, 3.8) is 0 Å². The van der Waals surface area contributed by atoms with Crippen LogP contribution in [0.1, 0.15) is 181 Å². The van der Waals surface area contributed by atoms with Crippen LogP contribution in [-0.4, -0.2) is 22.6 Å². The fourth-order valence-corrected chi connectivity index (χ4v) is 6.65. The van der Waals surface area contributed by atoms with Gasteiger partial charge in [0.05, 0.1) is 6.42 Å². The molecule has 0 fully saturated rings. The van der Waals surface area contributed by atoms with E-state index in [9.17, 15) is 4.79 Å². The lowest BCUT2D eigenvalue weighted by molar-refractivity contribution is -0.136. The summed E-state index contributed by atoms with van der Waals surface area (Å²) in [5, 5.41) is 9.03. The molecule has 0 aliphatic rings. The molecule has 0 amide bonds. The number of carboxylic acids is 1. The van der Waals surface area contributed by atoms with E-state index >= 15 is 0 Å². The summed E-state index contributed by atoms with van der Waals surface area (Å²) < 4.78 is 0. The van der Waals surface area contributed by atoms with Gasteiger partial charge in [-0.2, -0.15) is 11.8 Å². The van der Waals surface area contributed by atoms with E-state index in [2.05, 4.69) is 20.8 Å². The van der Waals surface area contributed by atoms with Gasteiger partial charge >= 0.3 is 5.97 Å². The van der Waals surface area contributed by atoms with Gasteiger partial charge in [0.2, 0.25) is 0 Å². The second kappa shape index (κ2) is 29.4. The van der Waals surface area contributed by atoms with Crippen LogP contribution >= 0.6 is 11.8 Å². The van der Waals surface area contributed by atoms with Crippen molar-refractivity contribution < 1.29 is 9.90 Å². The van der Waals surface area contributed by atoms with Crippen LogP contribution in [0.15, 0.2) is 0 Å². The Labute approximate surface area is 231 Å². The molecule has 2 nitrogen and oxygen atoms in total. The van der Waals surface area contributed by atoms with Crippen molar-refractivity contribution in [1.82, 2.24) is 0 Å². The maximum Gasteiger partial charge on any atom is 0.304 e. The zero-order chi connectivity index (χ0) is 26.5. The van der Waals surface area contributed by atoms with E-state index in [-0.39, 0.29) is 0 Å². The van der Waals surface area contributed by atoms with Crippen LogP contribution in [0.3, 0.4) is 0 Å². The first-order valence-corrected chi connectivity index (χ1v) is 17.6. The second-order valence-electron chi connectivity index (χ2n) is 11.6. The van der Waals surface area contributed by atoms with E-state index in [0.29, 0.717) is 6.42 Å². The van der Waals surface area contributed by atoms with Gasteiger partial charge in [-0.3, -0.25) is 4.79 Å². The molecule has 0 aromatic heterocycles. The van der Waals surface area contributed by atoms with E-state index in [1.807, 2.05) is 11.8 Å². The molecule has 2 unspecified atom stereocenters. The first kappa shape index (κ1) is 35.8. The highest BCUT2D eigenvalue weighted by molar-refractivity contribution is 7.99. The normalized spacial score (nSPS) is 13.2. The largest absolute Gasteiger partial charge is 0.481 e. The van der Waals surface area contributed by atoms with Crippen molar-refractivity contribution in [3.8, 4) is 0 Å². The fraction of sp³-hybridized carbons (Fsp3) is 0.970. The van der Waals surface area contributed by atoms with Crippen molar-refractivity contribution in [2.24, 2.45) is 11.8 Å². The van der Waals surface area contributed by atoms with Crippen molar-refractivity contribution in [1.29, 1.82) is 0 Å². The molecule has 36 heavy (non-hydrogen) atoms. The molecule has 1 N–H and O–H groups in total. The Bertz CT molecular complexity index is 439. The molecule has 0 rings (SSSR count). The summed E-state index contributed by atoms with van der Waals surface area (Å²) >= 11 is 1.90. The molecule has 0 heterocycles. The van der Waals surface area contributed by atoms with Crippen molar-refractivity contribution in [2.45, 2.75) is 181 Å². The molecule has 0 saturated carbocycles. The molecule has 0 bridgehead atoms. The lowest BCUT2D eigenvalue weighted by Gasteiger charge is -2.24. The van der Waals surface area contributed by atoms with E-state index in [4.69, 9.17) is 5.11 Å². The quantitative estimate of drug-likeness (QED) is 0.0945. The van der Waals surface area contributed by atoms with Crippen LogP contribution in [0, 0.1) is 11.8 Å². The first-order valence-electron chi connectivity index (χ1n) is 16.4. The number of carbonyl (C=O) groups is 1. The molecule has 2 atom stereocenters. The second-order valence-corrected chi connectivity index (χ2v) is 12.7. The molecule has 0 radical (unpaired) electrons. The molecule has 216 valence electrons. The van der Waals surface area contributed by atoms with E-state index in [1.54, 1.807) is 0 Å². The van der Waals surface area contributed by atoms with Crippen molar-refractivity contribution in [3.05, 3.63) is 0 Å². The average Bonchev–Trinajstić information content (AvgIpc) is 2.86. The van der Waals surface area contributed by atoms with Gasteiger partial charge in [0.25, 0.3) is 0 Å². The Morgan fingerprint density at radius 3 is 1.31 bits per heavy atom. The number of thioether (sulfide) groups is 1. The van der Waals surface area contributed by atoms with Gasteiger partial charge in [0.15, 0.2) is 0 Å². The third kappa shape index (κ3) is 26.9. The summed E-state index contributed by atoms with van der Waals surface area (Å²) in [4.78, 5) is 11.0. The molecule has 0 aromatic rings. The summed E-state index contributed by atoms with van der Waals surface area (Å²) in [5.41, 5.74) is 0. The van der Waals surface area contributed by atoms with Gasteiger partial charge in [-0.1, -0.05) is 162 Å². The third-order valence-electron chi connectivity index (χ3n) is 7.88. The molecule has 0 aromatic carbocycles. The minimum absolute atomic E-state index is 0.313. The number of rotatable bonds is 30. The van der Waals surface area contributed by atoms with Crippen LogP contribution in [-0.2, 0) is 4.79 Å². The summed E-state index contributed by atoms with van der Waals surface area (Å²) in [6.07, 6.45) is 33.9. The summed E-state index contributed by atoms with van der Waals surface area (Å²) in [7, 11) is 0. The minimum Gasteiger partial charge on any atom is -0.481 e. The lowest BCUT2D eigenvalue weighted by atomic mass is 9.84. The maximum absolute atomic E-state index is 11.0. The Balaban J connectivity index is 4.60. The van der Waals surface area contributed by atoms with Gasteiger partial charge < -0.3 is 5.11 Å². The maximum atomic E-state index is 11.0. The molecule has 3 heteroatoms. The summed E-state index contributed by atoms with van der Waals surface area (Å²) in [6.45, 7) is 6.90. The fourth-order valence-electron chi connectivity index (χ4n) is 5.52. The summed E-state index contributed by atoms with van der Waals surface area (Å²) in [6, 6.07) is 0. The van der Waals surface area contributed by atoms with Gasteiger partial charge in [0.1, 0.15) is 0 Å². The SMILES string of the molecule is CCCCCCCCCCC(CCCCCCCC)CC(CCCCCCCC)CSCCC(=O)O. The predicted molar refractivity (Wildman–Crippen MR) is 164 cm³/mol. The highest BCUT2D eigenvalue weighted by Crippen LogP contribution is 2.30. The number of hydrogen-bond acceptors (Lipinski definition) is 2. The van der Waals surface area contributed by atoms with Crippen molar-refractivity contribution in [2.75, 3.05) is 11.5 Å². The zero-order valence-electron chi connectivity index (χ0n) is 25.0. The first-order chi connectivity index (χ1) is 17.6. The Morgan fingerprint density at radius 1 is 0.556 bits per heavy atom. The predicted octanol–water partition coefficient (Wildman–Crippen LogP) is 11.8. The van der Waals surface area contributed by atoms with Gasteiger partial charge in [-0.15, -0.1) is 0 Å². The molecule has 0 aliphatic heterocycles. The zero-order valence-corrected chi connectivity index (χ0v) is 25.8. The molecule has 0 aliphatic carbocycles. The monoisotopic (exact) mass is 526 g/mol. The van der Waals surface area contributed by atoms with E-state index < -0.39 is 5.97 Å². The van der Waals surface area contributed by atoms with Crippen molar-refractivity contribution >= 4 is 17.7 Å². The molecular formula is C33H66O2S. The van der Waals surface area contributed by atoms with E-state index in [1.165, 1.54) is 160 Å². The Kier molecular flexibility index (Phi) is 29.2. The third-order valence-corrected chi connectivity index (χ3v) is 9.08. The lowest BCUT2D eigenvalue weighted by Crippen LogP contribution is -2.13. The molecule has 0 saturated heterocycles. The smallest absolute Gasteiger partial charge is 0.304 e. The Hall–Kier alpha value is -0.180. The topological polar surface area (TPSA) is 37.3 Å². The van der Waals surface area contributed by atoms with Gasteiger partial charge in [-0.25, -0.2) is 0 Å². The van der Waals surface area contributed by atoms with Crippen LogP contribution in [0.2, 0.25) is 0 Å². The van der Waals surface area contributed by atoms with Crippen LogP contribution in [0.25, 0.3) is 0 Å². The minimum atomic E-state index is -0.648.